The van der Waals surface area contributed by atoms with Crippen LogP contribution in [0.1, 0.15) is 6.42 Å². The Balaban J connectivity index is 2.19. The summed E-state index contributed by atoms with van der Waals surface area (Å²) < 4.78 is 10.4. The van der Waals surface area contributed by atoms with Crippen LogP contribution in [-0.2, 0) is 9.53 Å². The molecule has 5 nitrogen and oxygen atoms in total. The van der Waals surface area contributed by atoms with Crippen LogP contribution in [0.3, 0.4) is 0 Å². The fourth-order valence-corrected chi connectivity index (χ4v) is 1.88. The second-order valence-corrected chi connectivity index (χ2v) is 4.00. The Morgan fingerprint density at radius 3 is 3.17 bits per heavy atom. The van der Waals surface area contributed by atoms with Crippen molar-refractivity contribution in [3.05, 3.63) is 24.3 Å². The molecule has 0 N–H and O–H groups in total. The van der Waals surface area contributed by atoms with E-state index in [2.05, 4.69) is 6.07 Å². The second-order valence-electron chi connectivity index (χ2n) is 4.00. The molecule has 5 heteroatoms. The molecular weight excluding hydrogens is 232 g/mol. The first-order chi connectivity index (χ1) is 8.74. The molecule has 0 radical (unpaired) electrons. The summed E-state index contributed by atoms with van der Waals surface area (Å²) in [6, 6.07) is 9.35. The Morgan fingerprint density at radius 1 is 1.61 bits per heavy atom. The third-order valence-corrected chi connectivity index (χ3v) is 2.81. The first-order valence-electron chi connectivity index (χ1n) is 5.67. The van der Waals surface area contributed by atoms with Crippen molar-refractivity contribution in [1.82, 2.24) is 0 Å². The molecule has 0 aliphatic carbocycles. The van der Waals surface area contributed by atoms with Gasteiger partial charge in [0.25, 0.3) is 5.91 Å². The molecule has 0 saturated carbocycles. The number of morpholine rings is 1. The van der Waals surface area contributed by atoms with Crippen LogP contribution in [0.4, 0.5) is 5.69 Å². The van der Waals surface area contributed by atoms with Gasteiger partial charge in [0.15, 0.2) is 0 Å². The Kier molecular flexibility index (Phi) is 3.80. The van der Waals surface area contributed by atoms with E-state index in [1.54, 1.807) is 18.1 Å². The largest absolute Gasteiger partial charge is 0.497 e. The number of methoxy groups -OCH3 is 1. The zero-order valence-corrected chi connectivity index (χ0v) is 10.1. The zero-order valence-electron chi connectivity index (χ0n) is 10.1. The van der Waals surface area contributed by atoms with Gasteiger partial charge in [-0.25, -0.2) is 0 Å². The molecule has 94 valence electrons. The number of nitriles is 1. The molecule has 1 amide bonds. The van der Waals surface area contributed by atoms with Crippen LogP contribution in [0.2, 0.25) is 0 Å². The summed E-state index contributed by atoms with van der Waals surface area (Å²) in [7, 11) is 1.58. The van der Waals surface area contributed by atoms with Crippen LogP contribution in [0.15, 0.2) is 24.3 Å². The second kappa shape index (κ2) is 5.52. The maximum absolute atomic E-state index is 11.8. The standard InChI is InChI=1S/C13H14N2O3/c1-17-11-4-2-3-10(7-11)15-8-12(5-6-14)18-9-13(15)16/h2-4,7,12H,5,8-9H2,1H3. The maximum atomic E-state index is 11.8. The van der Waals surface area contributed by atoms with Gasteiger partial charge in [-0.3, -0.25) is 4.79 Å². The Morgan fingerprint density at radius 2 is 2.44 bits per heavy atom. The van der Waals surface area contributed by atoms with Crippen molar-refractivity contribution in [1.29, 1.82) is 5.26 Å². The first-order valence-corrected chi connectivity index (χ1v) is 5.67. The van der Waals surface area contributed by atoms with E-state index in [-0.39, 0.29) is 25.0 Å². The average molecular weight is 246 g/mol. The summed E-state index contributed by atoms with van der Waals surface area (Å²) in [5.41, 5.74) is 0.769. The minimum Gasteiger partial charge on any atom is -0.497 e. The lowest BCUT2D eigenvalue weighted by atomic mass is 10.2. The van der Waals surface area contributed by atoms with E-state index in [9.17, 15) is 4.79 Å². The van der Waals surface area contributed by atoms with E-state index in [0.717, 1.165) is 5.69 Å². The third kappa shape index (κ3) is 2.60. The normalized spacial score (nSPS) is 19.4. The molecule has 0 aromatic heterocycles. The molecule has 1 unspecified atom stereocenters. The lowest BCUT2D eigenvalue weighted by molar-refractivity contribution is -0.129. The number of ether oxygens (including phenoxy) is 2. The number of nitrogens with zero attached hydrogens (tertiary/aromatic N) is 2. The van der Waals surface area contributed by atoms with Crippen molar-refractivity contribution < 1.29 is 14.3 Å². The van der Waals surface area contributed by atoms with E-state index in [0.29, 0.717) is 12.3 Å². The van der Waals surface area contributed by atoms with Crippen molar-refractivity contribution in [3.63, 3.8) is 0 Å². The van der Waals surface area contributed by atoms with Gasteiger partial charge in [-0.2, -0.15) is 5.26 Å². The quantitative estimate of drug-likeness (QED) is 0.807. The highest BCUT2D eigenvalue weighted by molar-refractivity contribution is 5.95. The van der Waals surface area contributed by atoms with Crippen molar-refractivity contribution in [2.75, 3.05) is 25.2 Å². The highest BCUT2D eigenvalue weighted by atomic mass is 16.5. The van der Waals surface area contributed by atoms with Gasteiger partial charge in [0.1, 0.15) is 12.4 Å². The highest BCUT2D eigenvalue weighted by Crippen LogP contribution is 2.23. The van der Waals surface area contributed by atoms with Crippen LogP contribution < -0.4 is 9.64 Å². The molecule has 0 spiro atoms. The number of carbonyl (C=O) groups excluding carboxylic acids is 1. The first kappa shape index (κ1) is 12.4. The van der Waals surface area contributed by atoms with E-state index in [1.807, 2.05) is 18.2 Å². The SMILES string of the molecule is COc1cccc(N2CC(CC#N)OCC2=O)c1. The Bertz CT molecular complexity index is 481. The topological polar surface area (TPSA) is 62.6 Å². The van der Waals surface area contributed by atoms with Gasteiger partial charge in [-0.1, -0.05) is 6.07 Å². The molecule has 1 aliphatic heterocycles. The highest BCUT2D eigenvalue weighted by Gasteiger charge is 2.27. The van der Waals surface area contributed by atoms with Crippen LogP contribution in [0, 0.1) is 11.3 Å². The molecule has 18 heavy (non-hydrogen) atoms. The van der Waals surface area contributed by atoms with E-state index in [4.69, 9.17) is 14.7 Å². The fraction of sp³-hybridized carbons (Fsp3) is 0.385. The molecule has 1 saturated heterocycles. The van der Waals surface area contributed by atoms with Crippen LogP contribution in [0.5, 0.6) is 5.75 Å². The summed E-state index contributed by atoms with van der Waals surface area (Å²) in [4.78, 5) is 13.5. The number of anilines is 1. The van der Waals surface area contributed by atoms with Crippen LogP contribution in [0.25, 0.3) is 0 Å². The summed E-state index contributed by atoms with van der Waals surface area (Å²) >= 11 is 0. The van der Waals surface area contributed by atoms with Gasteiger partial charge >= 0.3 is 0 Å². The monoisotopic (exact) mass is 246 g/mol. The number of hydrogen-bond donors (Lipinski definition) is 0. The van der Waals surface area contributed by atoms with E-state index in [1.165, 1.54) is 0 Å². The van der Waals surface area contributed by atoms with Crippen molar-refractivity contribution >= 4 is 11.6 Å². The molecule has 1 heterocycles. The van der Waals surface area contributed by atoms with Gasteiger partial charge < -0.3 is 14.4 Å². The lowest BCUT2D eigenvalue weighted by Crippen LogP contribution is -2.46. The van der Waals surface area contributed by atoms with Crippen LogP contribution in [-0.4, -0.2) is 32.3 Å². The van der Waals surface area contributed by atoms with Gasteiger partial charge in [0, 0.05) is 11.8 Å². The van der Waals surface area contributed by atoms with E-state index >= 15 is 0 Å². The molecule has 1 atom stereocenters. The predicted octanol–water partition coefficient (Wildman–Crippen LogP) is 1.34. The van der Waals surface area contributed by atoms with Crippen molar-refractivity contribution in [2.45, 2.75) is 12.5 Å². The number of benzene rings is 1. The summed E-state index contributed by atoms with van der Waals surface area (Å²) in [5, 5.41) is 8.67. The fourth-order valence-electron chi connectivity index (χ4n) is 1.88. The van der Waals surface area contributed by atoms with Crippen LogP contribution >= 0.6 is 0 Å². The molecule has 0 bridgehead atoms. The molecule has 1 aromatic carbocycles. The van der Waals surface area contributed by atoms with Gasteiger partial charge in [0.05, 0.1) is 32.2 Å². The molecule has 2 rings (SSSR count). The summed E-state index contributed by atoms with van der Waals surface area (Å²) in [6.45, 7) is 0.420. The zero-order chi connectivity index (χ0) is 13.0. The van der Waals surface area contributed by atoms with Gasteiger partial charge in [-0.15, -0.1) is 0 Å². The minimum atomic E-state index is -0.223. The average Bonchev–Trinajstić information content (AvgIpc) is 2.41. The molecule has 1 aromatic rings. The third-order valence-electron chi connectivity index (χ3n) is 2.81. The van der Waals surface area contributed by atoms with Crippen molar-refractivity contribution in [2.24, 2.45) is 0 Å². The number of rotatable bonds is 3. The number of amides is 1. The minimum absolute atomic E-state index is 0.0174. The number of hydrogen-bond acceptors (Lipinski definition) is 4. The Labute approximate surface area is 106 Å². The number of carbonyl (C=O) groups is 1. The molecule has 1 aliphatic rings. The predicted molar refractivity (Wildman–Crippen MR) is 65.3 cm³/mol. The lowest BCUT2D eigenvalue weighted by Gasteiger charge is -2.31. The van der Waals surface area contributed by atoms with Gasteiger partial charge in [0.2, 0.25) is 0 Å². The summed E-state index contributed by atoms with van der Waals surface area (Å²) in [5.74, 6) is 0.598. The molecule has 1 fully saturated rings. The smallest absolute Gasteiger partial charge is 0.253 e. The van der Waals surface area contributed by atoms with E-state index < -0.39 is 0 Å². The summed E-state index contributed by atoms with van der Waals surface area (Å²) in [6.07, 6.45) is 0.0622. The molecular formula is C13H14N2O3. The Hall–Kier alpha value is -2.06. The van der Waals surface area contributed by atoms with Crippen molar-refractivity contribution in [3.8, 4) is 11.8 Å². The maximum Gasteiger partial charge on any atom is 0.253 e. The van der Waals surface area contributed by atoms with Gasteiger partial charge in [-0.05, 0) is 12.1 Å².